The molecule has 4 aliphatic carbocycles. The summed E-state index contributed by atoms with van der Waals surface area (Å²) in [5, 5.41) is 24.1. The lowest BCUT2D eigenvalue weighted by Gasteiger charge is -2.60. The van der Waals surface area contributed by atoms with Gasteiger partial charge in [0.1, 0.15) is 12.4 Å². The van der Waals surface area contributed by atoms with Gasteiger partial charge in [-0.2, -0.15) is 13.2 Å². The van der Waals surface area contributed by atoms with Crippen LogP contribution in [0.5, 0.6) is 5.75 Å². The number of nitrogens with one attached hydrogen (secondary N) is 1. The maximum absolute atomic E-state index is 13.0. The Kier molecular flexibility index (Phi) is 6.53. The van der Waals surface area contributed by atoms with Gasteiger partial charge in [-0.1, -0.05) is 18.2 Å². The lowest BCUT2D eigenvalue weighted by atomic mass is 9.47. The second-order valence-electron chi connectivity index (χ2n) is 11.2. The molecule has 0 heterocycles. The van der Waals surface area contributed by atoms with Gasteiger partial charge in [0.2, 0.25) is 0 Å². The number of rotatable bonds is 8. The van der Waals surface area contributed by atoms with E-state index in [1.807, 2.05) is 0 Å². The normalized spacial score (nSPS) is 29.7. The van der Waals surface area contributed by atoms with Crippen molar-refractivity contribution in [2.75, 3.05) is 11.9 Å². The van der Waals surface area contributed by atoms with Crippen LogP contribution in [0, 0.1) is 17.3 Å². The van der Waals surface area contributed by atoms with Gasteiger partial charge in [-0.05, 0) is 98.9 Å². The van der Waals surface area contributed by atoms with E-state index in [4.69, 9.17) is 4.74 Å². The molecule has 0 spiro atoms. The summed E-state index contributed by atoms with van der Waals surface area (Å²) in [5.41, 5.74) is -1.08. The molecule has 0 aliphatic heterocycles. The Bertz CT molecular complexity index is 1100. The lowest BCUT2D eigenvalue weighted by molar-refractivity contribution is -0.167. The SMILES string of the molecule is O=C(Nc1cccc(C(F)(F)F)c1)c1ccccc1OCC(O)CCC12CC3CC(CC(O)(C3)C1)C2. The molecule has 3 N–H and O–H groups in total. The van der Waals surface area contributed by atoms with Gasteiger partial charge in [0.25, 0.3) is 5.91 Å². The summed E-state index contributed by atoms with van der Waals surface area (Å²) in [6.45, 7) is 0.00105. The molecule has 4 saturated carbocycles. The van der Waals surface area contributed by atoms with E-state index in [0.717, 1.165) is 50.7 Å². The van der Waals surface area contributed by atoms with E-state index < -0.39 is 29.4 Å². The monoisotopic (exact) mass is 503 g/mol. The van der Waals surface area contributed by atoms with Crippen molar-refractivity contribution in [3.05, 3.63) is 59.7 Å². The smallest absolute Gasteiger partial charge is 0.416 e. The molecule has 2 aromatic carbocycles. The summed E-state index contributed by atoms with van der Waals surface area (Å²) in [5.74, 6) is 0.838. The van der Waals surface area contributed by atoms with Gasteiger partial charge in [0.05, 0.1) is 22.8 Å². The molecule has 3 atom stereocenters. The zero-order valence-electron chi connectivity index (χ0n) is 20.1. The second kappa shape index (κ2) is 9.38. The van der Waals surface area contributed by atoms with E-state index in [-0.39, 0.29) is 29.0 Å². The summed E-state index contributed by atoms with van der Waals surface area (Å²) in [4.78, 5) is 12.8. The lowest BCUT2D eigenvalue weighted by Crippen LogP contribution is -2.55. The Morgan fingerprint density at radius 3 is 2.50 bits per heavy atom. The van der Waals surface area contributed by atoms with Gasteiger partial charge in [0.15, 0.2) is 0 Å². The number of hydrogen-bond donors (Lipinski definition) is 3. The standard InChI is InChI=1S/C28H32F3NO4/c29-28(30,31)20-4-3-5-21(11-20)32-25(34)23-6-1-2-7-24(23)36-16-22(33)8-9-26-12-18-10-19(13-26)15-27(35,14-18)17-26/h1-7,11,18-19,22,33,35H,8-10,12-17H2,(H,32,34). The molecule has 0 aromatic heterocycles. The summed E-state index contributed by atoms with van der Waals surface area (Å²) in [7, 11) is 0. The average Bonchev–Trinajstić information content (AvgIpc) is 2.80. The zero-order valence-corrected chi connectivity index (χ0v) is 20.1. The number of carbonyl (C=O) groups is 1. The van der Waals surface area contributed by atoms with Crippen LogP contribution in [0.2, 0.25) is 0 Å². The van der Waals surface area contributed by atoms with Gasteiger partial charge >= 0.3 is 6.18 Å². The summed E-state index contributed by atoms with van der Waals surface area (Å²) < 4.78 is 44.8. The van der Waals surface area contributed by atoms with Crippen LogP contribution in [0.3, 0.4) is 0 Å². The molecule has 4 fully saturated rings. The molecule has 4 bridgehead atoms. The summed E-state index contributed by atoms with van der Waals surface area (Å²) >= 11 is 0. The van der Waals surface area contributed by atoms with Crippen molar-refractivity contribution < 1.29 is 32.9 Å². The molecule has 36 heavy (non-hydrogen) atoms. The minimum Gasteiger partial charge on any atom is -0.490 e. The predicted octanol–water partition coefficient (Wildman–Crippen LogP) is 5.81. The number of anilines is 1. The molecule has 0 saturated heterocycles. The molecule has 194 valence electrons. The molecular formula is C28H32F3NO4. The quantitative estimate of drug-likeness (QED) is 0.425. The highest BCUT2D eigenvalue weighted by atomic mass is 19.4. The first kappa shape index (κ1) is 25.1. The van der Waals surface area contributed by atoms with E-state index in [1.54, 1.807) is 18.2 Å². The topological polar surface area (TPSA) is 78.8 Å². The Labute approximate surface area is 208 Å². The number of ether oxygens (including phenoxy) is 1. The van der Waals surface area contributed by atoms with Crippen LogP contribution < -0.4 is 10.1 Å². The van der Waals surface area contributed by atoms with Crippen LogP contribution in [-0.2, 0) is 6.18 Å². The number of amides is 1. The fourth-order valence-corrected chi connectivity index (χ4v) is 7.19. The maximum atomic E-state index is 13.0. The number of halogens is 3. The fourth-order valence-electron chi connectivity index (χ4n) is 7.19. The van der Waals surface area contributed by atoms with E-state index in [0.29, 0.717) is 18.3 Å². The zero-order chi connectivity index (χ0) is 25.6. The summed E-state index contributed by atoms with van der Waals surface area (Å²) in [6.07, 6.45) is 2.26. The van der Waals surface area contributed by atoms with Crippen molar-refractivity contribution in [1.29, 1.82) is 0 Å². The Morgan fingerprint density at radius 1 is 1.08 bits per heavy atom. The van der Waals surface area contributed by atoms with Crippen LogP contribution in [0.1, 0.15) is 67.3 Å². The maximum Gasteiger partial charge on any atom is 0.416 e. The van der Waals surface area contributed by atoms with Gasteiger partial charge in [-0.25, -0.2) is 0 Å². The first-order chi connectivity index (χ1) is 17.0. The molecule has 0 radical (unpaired) electrons. The highest BCUT2D eigenvalue weighted by Gasteiger charge is 2.56. The molecular weight excluding hydrogens is 471 g/mol. The van der Waals surface area contributed by atoms with Crippen molar-refractivity contribution in [2.24, 2.45) is 17.3 Å². The van der Waals surface area contributed by atoms with Crippen LogP contribution >= 0.6 is 0 Å². The number of alkyl halides is 3. The number of benzene rings is 2. The highest BCUT2D eigenvalue weighted by Crippen LogP contribution is 2.63. The molecule has 1 amide bonds. The predicted molar refractivity (Wildman–Crippen MR) is 129 cm³/mol. The van der Waals surface area contributed by atoms with Crippen LogP contribution in [0.15, 0.2) is 48.5 Å². The van der Waals surface area contributed by atoms with Crippen molar-refractivity contribution in [2.45, 2.75) is 69.2 Å². The van der Waals surface area contributed by atoms with Crippen molar-refractivity contribution in [3.63, 3.8) is 0 Å². The number of carbonyl (C=O) groups excluding carboxylic acids is 1. The Balaban J connectivity index is 1.18. The van der Waals surface area contributed by atoms with Gasteiger partial charge in [-0.15, -0.1) is 0 Å². The number of aliphatic hydroxyl groups excluding tert-OH is 1. The van der Waals surface area contributed by atoms with Crippen molar-refractivity contribution in [1.82, 2.24) is 0 Å². The molecule has 8 heteroatoms. The van der Waals surface area contributed by atoms with E-state index >= 15 is 0 Å². The largest absolute Gasteiger partial charge is 0.490 e. The third kappa shape index (κ3) is 5.39. The molecule has 3 unspecified atom stereocenters. The minimum absolute atomic E-state index is 0.00105. The molecule has 4 aliphatic rings. The fraction of sp³-hybridized carbons (Fsp3) is 0.536. The van der Waals surface area contributed by atoms with Crippen LogP contribution in [0.4, 0.5) is 18.9 Å². The molecule has 6 rings (SSSR count). The van der Waals surface area contributed by atoms with Gasteiger partial charge in [0, 0.05) is 5.69 Å². The van der Waals surface area contributed by atoms with Crippen LogP contribution in [-0.4, -0.2) is 34.4 Å². The third-order valence-electron chi connectivity index (χ3n) is 8.17. The third-order valence-corrected chi connectivity index (χ3v) is 8.17. The van der Waals surface area contributed by atoms with Crippen LogP contribution in [0.25, 0.3) is 0 Å². The Morgan fingerprint density at radius 2 is 1.81 bits per heavy atom. The van der Waals surface area contributed by atoms with Gasteiger partial charge < -0.3 is 20.3 Å². The minimum atomic E-state index is -4.51. The van der Waals surface area contributed by atoms with Crippen molar-refractivity contribution in [3.8, 4) is 5.75 Å². The first-order valence-corrected chi connectivity index (χ1v) is 12.6. The van der Waals surface area contributed by atoms with Crippen molar-refractivity contribution >= 4 is 11.6 Å². The van der Waals surface area contributed by atoms with E-state index in [2.05, 4.69) is 5.32 Å². The second-order valence-corrected chi connectivity index (χ2v) is 11.2. The summed E-state index contributed by atoms with van der Waals surface area (Å²) in [6, 6.07) is 10.9. The molecule has 2 aromatic rings. The molecule has 5 nitrogen and oxygen atoms in total. The average molecular weight is 504 g/mol. The first-order valence-electron chi connectivity index (χ1n) is 12.6. The van der Waals surface area contributed by atoms with E-state index in [9.17, 15) is 28.2 Å². The highest BCUT2D eigenvalue weighted by molar-refractivity contribution is 6.06. The number of para-hydroxylation sites is 1. The Hall–Kier alpha value is -2.58. The van der Waals surface area contributed by atoms with Gasteiger partial charge in [-0.3, -0.25) is 4.79 Å². The number of aliphatic hydroxyl groups is 2. The number of hydrogen-bond acceptors (Lipinski definition) is 4. The van der Waals surface area contributed by atoms with E-state index in [1.165, 1.54) is 24.6 Å².